The van der Waals surface area contributed by atoms with E-state index in [4.69, 9.17) is 4.74 Å². The number of hydrogen-bond acceptors (Lipinski definition) is 1. The van der Waals surface area contributed by atoms with Gasteiger partial charge < -0.3 is 4.74 Å². The highest BCUT2D eigenvalue weighted by atomic mass is 79.9. The summed E-state index contributed by atoms with van der Waals surface area (Å²) in [6.07, 6.45) is 0. The molecule has 0 radical (unpaired) electrons. The van der Waals surface area contributed by atoms with Gasteiger partial charge in [0.25, 0.3) is 0 Å². The zero-order valence-corrected chi connectivity index (χ0v) is 11.4. The van der Waals surface area contributed by atoms with Crippen LogP contribution in [0.15, 0.2) is 48.5 Å². The summed E-state index contributed by atoms with van der Waals surface area (Å²) in [5.41, 5.74) is 3.75. The molecule has 0 fully saturated rings. The molecule has 0 unspecified atom stereocenters. The molecule has 2 aromatic rings. The smallest absolute Gasteiger partial charge is 0.120 e. The molecule has 0 bridgehead atoms. The van der Waals surface area contributed by atoms with E-state index >= 15 is 0 Å². The van der Waals surface area contributed by atoms with Gasteiger partial charge >= 0.3 is 0 Å². The highest BCUT2D eigenvalue weighted by Crippen LogP contribution is 2.20. The van der Waals surface area contributed by atoms with Crippen LogP contribution in [0.3, 0.4) is 0 Å². The summed E-state index contributed by atoms with van der Waals surface area (Å²) in [6.45, 7) is 2.72. The molecule has 0 amide bonds. The zero-order valence-electron chi connectivity index (χ0n) is 9.82. The van der Waals surface area contributed by atoms with Crippen molar-refractivity contribution in [3.05, 3.63) is 65.2 Å². The minimum Gasteiger partial charge on any atom is -0.489 e. The quantitative estimate of drug-likeness (QED) is 0.755. The Morgan fingerprint density at radius 1 is 1.06 bits per heavy atom. The second-order valence-electron chi connectivity index (χ2n) is 4.00. The monoisotopic (exact) mass is 290 g/mol. The number of ether oxygens (including phenoxy) is 1. The van der Waals surface area contributed by atoms with E-state index in [-0.39, 0.29) is 0 Å². The molecule has 1 nitrogen and oxygen atoms in total. The fourth-order valence-corrected chi connectivity index (χ4v) is 2.28. The molecule has 0 spiro atoms. The summed E-state index contributed by atoms with van der Waals surface area (Å²) >= 11 is 3.47. The van der Waals surface area contributed by atoms with Gasteiger partial charge in [0.15, 0.2) is 0 Å². The predicted molar refractivity (Wildman–Crippen MR) is 74.6 cm³/mol. The topological polar surface area (TPSA) is 9.23 Å². The lowest BCUT2D eigenvalue weighted by atomic mass is 10.1. The van der Waals surface area contributed by atoms with Crippen LogP contribution in [0, 0.1) is 6.92 Å². The van der Waals surface area contributed by atoms with Crippen molar-refractivity contribution in [1.29, 1.82) is 0 Å². The Balaban J connectivity index is 2.02. The lowest BCUT2D eigenvalue weighted by Gasteiger charge is -2.09. The van der Waals surface area contributed by atoms with Crippen molar-refractivity contribution in [3.63, 3.8) is 0 Å². The molecule has 2 aromatic carbocycles. The lowest BCUT2D eigenvalue weighted by molar-refractivity contribution is 0.306. The molecule has 88 valence electrons. The third-order valence-corrected chi connectivity index (χ3v) is 3.31. The Hall–Kier alpha value is -1.28. The average molecular weight is 291 g/mol. The number of hydrogen-bond donors (Lipinski definition) is 0. The Bertz CT molecular complexity index is 480. The first-order valence-corrected chi connectivity index (χ1v) is 6.74. The maximum atomic E-state index is 5.76. The van der Waals surface area contributed by atoms with Crippen molar-refractivity contribution in [3.8, 4) is 5.75 Å². The van der Waals surface area contributed by atoms with Crippen LogP contribution >= 0.6 is 15.9 Å². The molecule has 0 aliphatic heterocycles. The van der Waals surface area contributed by atoms with E-state index < -0.39 is 0 Å². The van der Waals surface area contributed by atoms with E-state index in [1.165, 1.54) is 16.7 Å². The minimum absolute atomic E-state index is 0.619. The van der Waals surface area contributed by atoms with E-state index in [0.717, 1.165) is 11.1 Å². The van der Waals surface area contributed by atoms with Crippen LogP contribution in [0.4, 0.5) is 0 Å². The number of aryl methyl sites for hydroxylation is 1. The predicted octanol–water partition coefficient (Wildman–Crippen LogP) is 4.47. The zero-order chi connectivity index (χ0) is 12.1. The van der Waals surface area contributed by atoms with Gasteiger partial charge in [-0.25, -0.2) is 0 Å². The van der Waals surface area contributed by atoms with Crippen molar-refractivity contribution in [2.75, 3.05) is 0 Å². The summed E-state index contributed by atoms with van der Waals surface area (Å²) in [4.78, 5) is 0. The van der Waals surface area contributed by atoms with Gasteiger partial charge in [-0.15, -0.1) is 0 Å². The first-order chi connectivity index (χ1) is 8.29. The summed E-state index contributed by atoms with van der Waals surface area (Å²) in [5.74, 6) is 0.927. The molecular weight excluding hydrogens is 276 g/mol. The molecule has 17 heavy (non-hydrogen) atoms. The average Bonchev–Trinajstić information content (AvgIpc) is 2.38. The van der Waals surface area contributed by atoms with Gasteiger partial charge in [-0.2, -0.15) is 0 Å². The standard InChI is InChI=1S/C15H15BrO/c1-12-9-15(8-7-14(12)10-16)17-11-13-5-3-2-4-6-13/h2-9H,10-11H2,1H3. The normalized spacial score (nSPS) is 10.2. The number of alkyl halides is 1. The fraction of sp³-hybridized carbons (Fsp3) is 0.200. The Kier molecular flexibility index (Phi) is 4.21. The van der Waals surface area contributed by atoms with Crippen molar-refractivity contribution in [1.82, 2.24) is 0 Å². The van der Waals surface area contributed by atoms with Gasteiger partial charge in [0.1, 0.15) is 12.4 Å². The van der Waals surface area contributed by atoms with Crippen LogP contribution in [-0.2, 0) is 11.9 Å². The number of rotatable bonds is 4. The number of benzene rings is 2. The molecule has 0 heterocycles. The van der Waals surface area contributed by atoms with E-state index in [2.05, 4.69) is 47.1 Å². The van der Waals surface area contributed by atoms with Crippen molar-refractivity contribution >= 4 is 15.9 Å². The maximum absolute atomic E-state index is 5.76. The second kappa shape index (κ2) is 5.87. The number of halogens is 1. The van der Waals surface area contributed by atoms with Gasteiger partial charge in [-0.3, -0.25) is 0 Å². The molecular formula is C15H15BrO. The summed E-state index contributed by atoms with van der Waals surface area (Å²) in [7, 11) is 0. The van der Waals surface area contributed by atoms with Crippen molar-refractivity contribution in [2.45, 2.75) is 18.9 Å². The lowest BCUT2D eigenvalue weighted by Crippen LogP contribution is -1.96. The highest BCUT2D eigenvalue weighted by Gasteiger charge is 2.00. The molecule has 0 saturated heterocycles. The molecule has 0 aliphatic carbocycles. The molecule has 0 atom stereocenters. The van der Waals surface area contributed by atoms with Crippen LogP contribution in [-0.4, -0.2) is 0 Å². The highest BCUT2D eigenvalue weighted by molar-refractivity contribution is 9.08. The maximum Gasteiger partial charge on any atom is 0.120 e. The Labute approximate surface area is 111 Å². The second-order valence-corrected chi connectivity index (χ2v) is 4.56. The molecule has 2 heteroatoms. The van der Waals surface area contributed by atoms with Crippen LogP contribution in [0.1, 0.15) is 16.7 Å². The van der Waals surface area contributed by atoms with Crippen molar-refractivity contribution < 1.29 is 4.74 Å². The van der Waals surface area contributed by atoms with E-state index in [1.807, 2.05) is 24.3 Å². The van der Waals surface area contributed by atoms with Crippen LogP contribution < -0.4 is 4.74 Å². The van der Waals surface area contributed by atoms with E-state index in [1.54, 1.807) is 0 Å². The fourth-order valence-electron chi connectivity index (χ4n) is 1.65. The molecule has 0 aromatic heterocycles. The minimum atomic E-state index is 0.619. The van der Waals surface area contributed by atoms with E-state index in [0.29, 0.717) is 6.61 Å². The first-order valence-electron chi connectivity index (χ1n) is 5.62. The van der Waals surface area contributed by atoms with E-state index in [9.17, 15) is 0 Å². The largest absolute Gasteiger partial charge is 0.489 e. The molecule has 0 aliphatic rings. The van der Waals surface area contributed by atoms with Gasteiger partial charge in [0, 0.05) is 5.33 Å². The third-order valence-electron chi connectivity index (χ3n) is 2.71. The summed E-state index contributed by atoms with van der Waals surface area (Å²) < 4.78 is 5.76. The Morgan fingerprint density at radius 3 is 2.47 bits per heavy atom. The molecule has 2 rings (SSSR count). The van der Waals surface area contributed by atoms with Gasteiger partial charge in [0.2, 0.25) is 0 Å². The summed E-state index contributed by atoms with van der Waals surface area (Å²) in [5, 5.41) is 0.887. The van der Waals surface area contributed by atoms with Gasteiger partial charge in [-0.1, -0.05) is 52.3 Å². The molecule has 0 N–H and O–H groups in total. The van der Waals surface area contributed by atoms with Crippen LogP contribution in [0.25, 0.3) is 0 Å². The van der Waals surface area contributed by atoms with Gasteiger partial charge in [0.05, 0.1) is 0 Å². The van der Waals surface area contributed by atoms with Gasteiger partial charge in [-0.05, 0) is 35.7 Å². The molecule has 0 saturated carbocycles. The van der Waals surface area contributed by atoms with Crippen LogP contribution in [0.2, 0.25) is 0 Å². The SMILES string of the molecule is Cc1cc(OCc2ccccc2)ccc1CBr. The summed E-state index contributed by atoms with van der Waals surface area (Å²) in [6, 6.07) is 16.4. The third kappa shape index (κ3) is 3.34. The van der Waals surface area contributed by atoms with Crippen LogP contribution in [0.5, 0.6) is 5.75 Å². The Morgan fingerprint density at radius 2 is 1.82 bits per heavy atom. The first kappa shape index (κ1) is 12.2. The van der Waals surface area contributed by atoms with Crippen molar-refractivity contribution in [2.24, 2.45) is 0 Å².